The molecule has 3 aromatic carbocycles. The predicted molar refractivity (Wildman–Crippen MR) is 120 cm³/mol. The van der Waals surface area contributed by atoms with E-state index in [2.05, 4.69) is 32.6 Å². The van der Waals surface area contributed by atoms with Crippen LogP contribution in [0, 0.1) is 17.4 Å². The highest BCUT2D eigenvalue weighted by Crippen LogP contribution is 2.23. The van der Waals surface area contributed by atoms with Crippen LogP contribution in [0.1, 0.15) is 21.5 Å². The number of benzene rings is 3. The van der Waals surface area contributed by atoms with Crippen LogP contribution in [0.2, 0.25) is 0 Å². The average molecular weight is 506 g/mol. The molecular formula is C21H19IN2O3S. The van der Waals surface area contributed by atoms with E-state index in [0.717, 1.165) is 9.13 Å². The van der Waals surface area contributed by atoms with Crippen LogP contribution in [0.4, 0.5) is 11.4 Å². The maximum Gasteiger partial charge on any atom is 0.262 e. The predicted octanol–water partition coefficient (Wildman–Crippen LogP) is 4.96. The number of anilines is 2. The van der Waals surface area contributed by atoms with Crippen LogP contribution in [-0.4, -0.2) is 14.3 Å². The van der Waals surface area contributed by atoms with Crippen molar-refractivity contribution in [3.63, 3.8) is 0 Å². The maximum absolute atomic E-state index is 12.8. The van der Waals surface area contributed by atoms with Gasteiger partial charge in [-0.05, 0) is 90.0 Å². The number of para-hydroxylation sites is 1. The van der Waals surface area contributed by atoms with Gasteiger partial charge in [-0.1, -0.05) is 24.3 Å². The normalized spacial score (nSPS) is 11.1. The highest BCUT2D eigenvalue weighted by molar-refractivity contribution is 14.1. The molecule has 1 amide bonds. The maximum atomic E-state index is 12.8. The van der Waals surface area contributed by atoms with E-state index >= 15 is 0 Å². The first-order valence-corrected chi connectivity index (χ1v) is 11.1. The lowest BCUT2D eigenvalue weighted by atomic mass is 10.1. The number of rotatable bonds is 5. The summed E-state index contributed by atoms with van der Waals surface area (Å²) >= 11 is 2.21. The van der Waals surface area contributed by atoms with E-state index in [1.165, 1.54) is 6.07 Å². The van der Waals surface area contributed by atoms with Crippen molar-refractivity contribution in [2.75, 3.05) is 10.0 Å². The fourth-order valence-corrected chi connectivity index (χ4v) is 4.69. The van der Waals surface area contributed by atoms with E-state index in [4.69, 9.17) is 0 Å². The monoisotopic (exact) mass is 506 g/mol. The molecule has 0 unspecified atom stereocenters. The van der Waals surface area contributed by atoms with Crippen LogP contribution in [0.3, 0.4) is 0 Å². The smallest absolute Gasteiger partial charge is 0.262 e. The van der Waals surface area contributed by atoms with E-state index in [1.807, 2.05) is 25.1 Å². The molecule has 3 aromatic rings. The molecule has 0 aliphatic heterocycles. The van der Waals surface area contributed by atoms with E-state index in [9.17, 15) is 13.2 Å². The summed E-state index contributed by atoms with van der Waals surface area (Å²) in [6.45, 7) is 3.61. The minimum absolute atomic E-state index is 0.0725. The number of amides is 1. The summed E-state index contributed by atoms with van der Waals surface area (Å²) in [5.41, 5.74) is 2.93. The van der Waals surface area contributed by atoms with Gasteiger partial charge in [-0.3, -0.25) is 9.52 Å². The lowest BCUT2D eigenvalue weighted by molar-refractivity contribution is 0.102. The Kier molecular flexibility index (Phi) is 6.04. The second-order valence-corrected chi connectivity index (χ2v) is 9.26. The number of carbonyl (C=O) groups is 1. The Morgan fingerprint density at radius 1 is 0.893 bits per heavy atom. The molecule has 28 heavy (non-hydrogen) atoms. The number of halogens is 1. The van der Waals surface area contributed by atoms with Crippen LogP contribution in [0.25, 0.3) is 0 Å². The van der Waals surface area contributed by atoms with Gasteiger partial charge in [0.2, 0.25) is 0 Å². The molecule has 0 fully saturated rings. The molecule has 0 spiro atoms. The molecule has 0 saturated heterocycles. The number of hydrogen-bond donors (Lipinski definition) is 2. The summed E-state index contributed by atoms with van der Waals surface area (Å²) in [4.78, 5) is 12.7. The van der Waals surface area contributed by atoms with Crippen LogP contribution >= 0.6 is 22.6 Å². The highest BCUT2D eigenvalue weighted by atomic mass is 127. The fourth-order valence-electron chi connectivity index (χ4n) is 2.71. The van der Waals surface area contributed by atoms with Gasteiger partial charge in [0.25, 0.3) is 15.9 Å². The SMILES string of the molecule is Cc1cc(I)ccc1NC(=O)c1ccc(C)c(S(=O)(=O)Nc2ccccc2)c1. The third kappa shape index (κ3) is 4.71. The number of sulfonamides is 1. The Morgan fingerprint density at radius 2 is 1.61 bits per heavy atom. The first-order valence-electron chi connectivity index (χ1n) is 8.52. The van der Waals surface area contributed by atoms with Gasteiger partial charge in [-0.2, -0.15) is 0 Å². The van der Waals surface area contributed by atoms with Crippen molar-refractivity contribution < 1.29 is 13.2 Å². The molecule has 0 aliphatic rings. The summed E-state index contributed by atoms with van der Waals surface area (Å²) in [6.07, 6.45) is 0. The van der Waals surface area contributed by atoms with Gasteiger partial charge in [0.15, 0.2) is 0 Å². The van der Waals surface area contributed by atoms with Crippen molar-refractivity contribution >= 4 is 49.9 Å². The molecule has 0 saturated carbocycles. The number of hydrogen-bond acceptors (Lipinski definition) is 3. The summed E-state index contributed by atoms with van der Waals surface area (Å²) in [5, 5.41) is 2.84. The highest BCUT2D eigenvalue weighted by Gasteiger charge is 2.19. The zero-order valence-corrected chi connectivity index (χ0v) is 18.3. The van der Waals surface area contributed by atoms with Gasteiger partial charge in [0.05, 0.1) is 4.90 Å². The van der Waals surface area contributed by atoms with E-state index < -0.39 is 10.0 Å². The van der Waals surface area contributed by atoms with Crippen LogP contribution in [0.15, 0.2) is 71.6 Å². The molecule has 3 rings (SSSR count). The zero-order chi connectivity index (χ0) is 20.3. The Labute approximate surface area is 178 Å². The quantitative estimate of drug-likeness (QED) is 0.481. The van der Waals surface area contributed by atoms with E-state index in [1.54, 1.807) is 49.4 Å². The van der Waals surface area contributed by atoms with E-state index in [-0.39, 0.29) is 16.4 Å². The summed E-state index contributed by atoms with van der Waals surface area (Å²) in [6, 6.07) is 19.0. The summed E-state index contributed by atoms with van der Waals surface area (Å²) < 4.78 is 29.2. The molecule has 2 N–H and O–H groups in total. The topological polar surface area (TPSA) is 75.3 Å². The second kappa shape index (κ2) is 8.32. The number of carbonyl (C=O) groups excluding carboxylic acids is 1. The first-order chi connectivity index (χ1) is 13.3. The molecule has 144 valence electrons. The molecule has 0 atom stereocenters. The van der Waals surface area contributed by atoms with Crippen LogP contribution in [0.5, 0.6) is 0 Å². The molecular weight excluding hydrogens is 487 g/mol. The van der Waals surface area contributed by atoms with Gasteiger partial charge >= 0.3 is 0 Å². The minimum atomic E-state index is -3.82. The molecule has 0 aliphatic carbocycles. The Bertz CT molecular complexity index is 1130. The fraction of sp³-hybridized carbons (Fsp3) is 0.0952. The third-order valence-corrected chi connectivity index (χ3v) is 6.40. The van der Waals surface area contributed by atoms with Crippen LogP contribution in [-0.2, 0) is 10.0 Å². The van der Waals surface area contributed by atoms with Crippen molar-refractivity contribution in [2.45, 2.75) is 18.7 Å². The van der Waals surface area contributed by atoms with Crippen molar-refractivity contribution in [3.8, 4) is 0 Å². The van der Waals surface area contributed by atoms with E-state index in [0.29, 0.717) is 16.9 Å². The lowest BCUT2D eigenvalue weighted by Gasteiger charge is -2.13. The number of nitrogens with one attached hydrogen (secondary N) is 2. The van der Waals surface area contributed by atoms with Gasteiger partial charge in [-0.15, -0.1) is 0 Å². The standard InChI is InChI=1S/C21H19IN2O3S/c1-14-8-9-16(21(25)23-19-11-10-17(22)12-15(19)2)13-20(14)28(26,27)24-18-6-4-3-5-7-18/h3-13,24H,1-2H3,(H,23,25). The molecule has 0 heterocycles. The van der Waals surface area contributed by atoms with Crippen molar-refractivity contribution in [2.24, 2.45) is 0 Å². The van der Waals surface area contributed by atoms with Crippen molar-refractivity contribution in [3.05, 3.63) is 87.0 Å². The first kappa shape index (κ1) is 20.3. The van der Waals surface area contributed by atoms with Gasteiger partial charge in [0, 0.05) is 20.5 Å². The van der Waals surface area contributed by atoms with Gasteiger partial charge in [0.1, 0.15) is 0 Å². The second-order valence-electron chi connectivity index (χ2n) is 6.37. The molecule has 0 aromatic heterocycles. The van der Waals surface area contributed by atoms with Crippen LogP contribution < -0.4 is 10.0 Å². The summed E-state index contributed by atoms with van der Waals surface area (Å²) in [7, 11) is -3.82. The molecule has 0 bridgehead atoms. The largest absolute Gasteiger partial charge is 0.322 e. The lowest BCUT2D eigenvalue weighted by Crippen LogP contribution is -2.17. The van der Waals surface area contributed by atoms with Gasteiger partial charge < -0.3 is 5.32 Å². The Balaban J connectivity index is 1.89. The Morgan fingerprint density at radius 3 is 2.29 bits per heavy atom. The van der Waals surface area contributed by atoms with Gasteiger partial charge in [-0.25, -0.2) is 8.42 Å². The molecule has 7 heteroatoms. The minimum Gasteiger partial charge on any atom is -0.322 e. The molecule has 5 nitrogen and oxygen atoms in total. The molecule has 0 radical (unpaired) electrons. The summed E-state index contributed by atoms with van der Waals surface area (Å²) in [5.74, 6) is -0.361. The van der Waals surface area contributed by atoms with Crippen molar-refractivity contribution in [1.82, 2.24) is 0 Å². The zero-order valence-electron chi connectivity index (χ0n) is 15.4. The third-order valence-electron chi connectivity index (χ3n) is 4.20. The van der Waals surface area contributed by atoms with Crippen molar-refractivity contribution in [1.29, 1.82) is 0 Å². The Hall–Kier alpha value is -2.39. The number of aryl methyl sites for hydroxylation is 2. The average Bonchev–Trinajstić information content (AvgIpc) is 2.64.